The maximum absolute atomic E-state index is 14.2. The number of esters is 1. The van der Waals surface area contributed by atoms with Crippen LogP contribution in [0.15, 0.2) is 36.4 Å². The predicted octanol–water partition coefficient (Wildman–Crippen LogP) is 6.53. The summed E-state index contributed by atoms with van der Waals surface area (Å²) in [6.07, 6.45) is -5.10. The predicted molar refractivity (Wildman–Crippen MR) is 150 cm³/mol. The van der Waals surface area contributed by atoms with E-state index in [1.54, 1.807) is 25.1 Å². The quantitative estimate of drug-likeness (QED) is 0.293. The maximum atomic E-state index is 14.2. The van der Waals surface area contributed by atoms with Crippen molar-refractivity contribution in [2.24, 2.45) is 0 Å². The van der Waals surface area contributed by atoms with Gasteiger partial charge in [-0.3, -0.25) is 14.2 Å². The van der Waals surface area contributed by atoms with Gasteiger partial charge in [0.05, 0.1) is 30.3 Å². The Morgan fingerprint density at radius 1 is 1.12 bits per heavy atom. The van der Waals surface area contributed by atoms with Gasteiger partial charge in [0.1, 0.15) is 24.1 Å². The normalized spacial score (nSPS) is 21.7. The first-order valence-corrected chi connectivity index (χ1v) is 14.6. The molecule has 0 spiro atoms. The summed E-state index contributed by atoms with van der Waals surface area (Å²) in [6.45, 7) is 1.68. The summed E-state index contributed by atoms with van der Waals surface area (Å²) in [7, 11) is 1.43. The molecule has 14 heteroatoms. The molecular formula is C29H29Cl2F3N4O5. The molecule has 1 saturated carbocycles. The molecule has 230 valence electrons. The first-order valence-electron chi connectivity index (χ1n) is 13.8. The van der Waals surface area contributed by atoms with Gasteiger partial charge in [0.2, 0.25) is 11.7 Å². The van der Waals surface area contributed by atoms with Crippen molar-refractivity contribution in [3.05, 3.63) is 69.2 Å². The van der Waals surface area contributed by atoms with E-state index in [4.69, 9.17) is 37.4 Å². The third-order valence-electron chi connectivity index (χ3n) is 7.53. The first-order chi connectivity index (χ1) is 20.5. The Kier molecular flexibility index (Phi) is 9.19. The Bertz CT molecular complexity index is 1520. The lowest BCUT2D eigenvalue weighted by Gasteiger charge is -2.32. The van der Waals surface area contributed by atoms with Crippen LogP contribution in [-0.4, -0.2) is 45.9 Å². The number of ether oxygens (including phenoxy) is 3. The molecule has 1 aliphatic heterocycles. The van der Waals surface area contributed by atoms with E-state index in [0.717, 1.165) is 17.4 Å². The molecule has 1 aromatic heterocycles. The Hall–Kier alpha value is -3.35. The van der Waals surface area contributed by atoms with Gasteiger partial charge in [-0.1, -0.05) is 48.7 Å². The third kappa shape index (κ3) is 6.46. The van der Waals surface area contributed by atoms with E-state index in [-0.39, 0.29) is 39.5 Å². The zero-order valence-corrected chi connectivity index (χ0v) is 24.8. The Labute approximate surface area is 255 Å². The van der Waals surface area contributed by atoms with Crippen LogP contribution >= 0.6 is 23.2 Å². The summed E-state index contributed by atoms with van der Waals surface area (Å²) in [6, 6.07) is 8.86. The second-order valence-corrected chi connectivity index (χ2v) is 11.1. The molecule has 0 saturated heterocycles. The summed E-state index contributed by atoms with van der Waals surface area (Å²) in [5.41, 5.74) is 0.722. The summed E-state index contributed by atoms with van der Waals surface area (Å²) in [5, 5.41) is 10.6. The molecule has 2 aromatic carbocycles. The Balaban J connectivity index is 1.56. The number of methoxy groups -OCH3 is 1. The molecule has 5 rings (SSSR count). The van der Waals surface area contributed by atoms with E-state index in [1.165, 1.54) is 25.3 Å². The van der Waals surface area contributed by atoms with Gasteiger partial charge in [0.25, 0.3) is 0 Å². The number of hydrogen-bond donors (Lipinski definition) is 1. The van der Waals surface area contributed by atoms with Gasteiger partial charge >= 0.3 is 12.1 Å². The second kappa shape index (κ2) is 12.7. The third-order valence-corrected chi connectivity index (χ3v) is 8.17. The van der Waals surface area contributed by atoms with E-state index < -0.39 is 48.7 Å². The highest BCUT2D eigenvalue weighted by atomic mass is 35.5. The number of halogens is 5. The molecule has 9 nitrogen and oxygen atoms in total. The van der Waals surface area contributed by atoms with Gasteiger partial charge in [-0.25, -0.2) is 0 Å². The summed E-state index contributed by atoms with van der Waals surface area (Å²) in [5.74, 6) is -2.07. The SMILES string of the molecule is CCC(=O)OC1CCCC[C@@H]1NC(=O)C[C@@H]1O[C@@H](c2cccc(OC)c2Cl)c2cc(Cl)ccc2-n2c1nnc2C(F)(F)F. The van der Waals surface area contributed by atoms with Crippen molar-refractivity contribution in [3.8, 4) is 11.4 Å². The fraction of sp³-hybridized carbons (Fsp3) is 0.448. The van der Waals surface area contributed by atoms with Crippen LogP contribution in [0, 0.1) is 0 Å². The van der Waals surface area contributed by atoms with Crippen LogP contribution in [0.3, 0.4) is 0 Å². The van der Waals surface area contributed by atoms with Crippen LogP contribution in [0.5, 0.6) is 5.75 Å². The van der Waals surface area contributed by atoms with Crippen LogP contribution in [-0.2, 0) is 25.2 Å². The zero-order chi connectivity index (χ0) is 30.9. The summed E-state index contributed by atoms with van der Waals surface area (Å²) >= 11 is 13.0. The molecule has 1 N–H and O–H groups in total. The number of aromatic nitrogens is 3. The highest BCUT2D eigenvalue weighted by molar-refractivity contribution is 6.33. The molecule has 2 aliphatic rings. The number of carbonyl (C=O) groups is 2. The number of rotatable bonds is 7. The lowest BCUT2D eigenvalue weighted by atomic mass is 9.92. The van der Waals surface area contributed by atoms with Crippen molar-refractivity contribution in [2.45, 2.75) is 76.0 Å². The average Bonchev–Trinajstić information content (AvgIpc) is 3.38. The lowest BCUT2D eigenvalue weighted by molar-refractivity contribution is -0.153. The molecule has 1 fully saturated rings. The van der Waals surface area contributed by atoms with E-state index in [9.17, 15) is 22.8 Å². The minimum Gasteiger partial charge on any atom is -0.495 e. The second-order valence-electron chi connectivity index (χ2n) is 10.3. The maximum Gasteiger partial charge on any atom is 0.452 e. The number of hydrogen-bond acceptors (Lipinski definition) is 7. The van der Waals surface area contributed by atoms with E-state index >= 15 is 0 Å². The highest BCUT2D eigenvalue weighted by Crippen LogP contribution is 2.46. The van der Waals surface area contributed by atoms with Crippen molar-refractivity contribution >= 4 is 35.1 Å². The molecule has 4 atom stereocenters. The molecular weight excluding hydrogens is 612 g/mol. The van der Waals surface area contributed by atoms with E-state index in [1.807, 2.05) is 0 Å². The lowest BCUT2D eigenvalue weighted by Crippen LogP contribution is -2.47. The Morgan fingerprint density at radius 2 is 1.88 bits per heavy atom. The Morgan fingerprint density at radius 3 is 2.60 bits per heavy atom. The van der Waals surface area contributed by atoms with Gasteiger partial charge in [0, 0.05) is 22.6 Å². The highest BCUT2D eigenvalue weighted by Gasteiger charge is 2.44. The number of fused-ring (bicyclic) bond motifs is 3. The smallest absolute Gasteiger partial charge is 0.452 e. The number of amides is 1. The van der Waals surface area contributed by atoms with Gasteiger partial charge in [-0.05, 0) is 43.5 Å². The van der Waals surface area contributed by atoms with Crippen LogP contribution < -0.4 is 10.1 Å². The molecule has 1 amide bonds. The first kappa shape index (κ1) is 31.1. The minimum absolute atomic E-state index is 0.0716. The molecule has 0 radical (unpaired) electrons. The van der Waals surface area contributed by atoms with Crippen molar-refractivity contribution < 1.29 is 37.0 Å². The molecule has 43 heavy (non-hydrogen) atoms. The van der Waals surface area contributed by atoms with E-state index in [2.05, 4.69) is 15.5 Å². The standard InChI is InChI=1S/C29H29Cl2F3N4O5/c1-3-24(40)42-20-9-5-4-8-18(20)35-23(39)14-22-27-36-37-28(29(32,33)34)38(27)19-12-11-15(30)13-17(19)26(43-22)16-7-6-10-21(41-2)25(16)31/h6-7,10-13,18,20,22,26H,3-5,8-9,14H2,1-2H3,(H,35,39)/t18-,20?,22-,26-/m0/s1. The molecule has 1 unspecified atom stereocenters. The van der Waals surface area contributed by atoms with Crippen LogP contribution in [0.2, 0.25) is 10.0 Å². The summed E-state index contributed by atoms with van der Waals surface area (Å²) in [4.78, 5) is 25.4. The number of benzene rings is 2. The van der Waals surface area contributed by atoms with Gasteiger partial charge in [0.15, 0.2) is 5.82 Å². The van der Waals surface area contributed by atoms with Crippen molar-refractivity contribution in [1.29, 1.82) is 0 Å². The largest absolute Gasteiger partial charge is 0.495 e. The van der Waals surface area contributed by atoms with Gasteiger partial charge in [-0.15, -0.1) is 10.2 Å². The van der Waals surface area contributed by atoms with Gasteiger partial charge < -0.3 is 19.5 Å². The minimum atomic E-state index is -4.87. The molecule has 1 aliphatic carbocycles. The zero-order valence-electron chi connectivity index (χ0n) is 23.3. The van der Waals surface area contributed by atoms with E-state index in [0.29, 0.717) is 24.2 Å². The summed E-state index contributed by atoms with van der Waals surface area (Å²) < 4.78 is 60.9. The van der Waals surface area contributed by atoms with Crippen LogP contribution in [0.25, 0.3) is 5.69 Å². The fourth-order valence-corrected chi connectivity index (χ4v) is 6.00. The topological polar surface area (TPSA) is 105 Å². The fourth-order valence-electron chi connectivity index (χ4n) is 5.52. The number of nitrogens with zero attached hydrogens (tertiary/aromatic N) is 3. The van der Waals surface area contributed by atoms with Crippen LogP contribution in [0.4, 0.5) is 13.2 Å². The molecule has 0 bridgehead atoms. The number of nitrogens with one attached hydrogen (secondary N) is 1. The monoisotopic (exact) mass is 640 g/mol. The number of carbonyl (C=O) groups excluding carboxylic acids is 2. The molecule has 3 aromatic rings. The van der Waals surface area contributed by atoms with Crippen molar-refractivity contribution in [3.63, 3.8) is 0 Å². The van der Waals surface area contributed by atoms with Crippen molar-refractivity contribution in [2.75, 3.05) is 7.11 Å². The number of alkyl halides is 3. The molecule has 2 heterocycles. The average molecular weight is 641 g/mol. The van der Waals surface area contributed by atoms with Crippen molar-refractivity contribution in [1.82, 2.24) is 20.1 Å². The van der Waals surface area contributed by atoms with Gasteiger partial charge in [-0.2, -0.15) is 13.2 Å². The van der Waals surface area contributed by atoms with Crippen LogP contribution in [0.1, 0.15) is 80.4 Å².